The Bertz CT molecular complexity index is 637. The molecule has 3 N–H and O–H groups in total. The predicted octanol–water partition coefficient (Wildman–Crippen LogP) is 2.53. The van der Waals surface area contributed by atoms with Crippen LogP contribution in [0.15, 0.2) is 18.5 Å². The molecule has 0 aromatic carbocycles. The van der Waals surface area contributed by atoms with E-state index in [2.05, 4.69) is 20.9 Å². The molecule has 1 aromatic heterocycles. The predicted molar refractivity (Wildman–Crippen MR) is 90.7 cm³/mol. The van der Waals surface area contributed by atoms with Crippen molar-refractivity contribution in [3.8, 4) is 0 Å². The van der Waals surface area contributed by atoms with E-state index in [1.165, 1.54) is 25.5 Å². The molecule has 4 bridgehead atoms. The normalized spacial score (nSPS) is 33.1. The molecule has 3 amide bonds. The maximum Gasteiger partial charge on any atom is 0.319 e. The van der Waals surface area contributed by atoms with Crippen molar-refractivity contribution in [2.75, 3.05) is 12.4 Å². The molecule has 4 saturated carbocycles. The number of nitrogens with one attached hydrogen (secondary N) is 3. The second-order valence-corrected chi connectivity index (χ2v) is 7.82. The van der Waals surface area contributed by atoms with Gasteiger partial charge in [0.1, 0.15) is 0 Å². The van der Waals surface area contributed by atoms with E-state index in [9.17, 15) is 9.59 Å². The Morgan fingerprint density at radius 3 is 2.29 bits per heavy atom. The van der Waals surface area contributed by atoms with Crippen LogP contribution in [-0.2, 0) is 0 Å². The molecular weight excluding hydrogens is 304 g/mol. The zero-order valence-corrected chi connectivity index (χ0v) is 14.0. The summed E-state index contributed by atoms with van der Waals surface area (Å²) in [6.45, 7) is 0. The molecule has 0 saturated heterocycles. The summed E-state index contributed by atoms with van der Waals surface area (Å²) in [4.78, 5) is 28.2. The first-order chi connectivity index (χ1) is 11.5. The molecule has 4 aliphatic rings. The quantitative estimate of drug-likeness (QED) is 0.797. The van der Waals surface area contributed by atoms with E-state index in [1.54, 1.807) is 19.3 Å². The summed E-state index contributed by atoms with van der Waals surface area (Å²) in [6.07, 6.45) is 10.4. The van der Waals surface area contributed by atoms with Gasteiger partial charge in [0.05, 0.1) is 17.4 Å². The summed E-state index contributed by atoms with van der Waals surface area (Å²) < 4.78 is 0. The topological polar surface area (TPSA) is 83.1 Å². The molecule has 4 aliphatic carbocycles. The van der Waals surface area contributed by atoms with E-state index >= 15 is 0 Å². The minimum atomic E-state index is -0.215. The molecule has 1 heterocycles. The lowest BCUT2D eigenvalue weighted by atomic mass is 9.53. The second kappa shape index (κ2) is 5.76. The number of hydrogen-bond donors (Lipinski definition) is 3. The molecule has 128 valence electrons. The summed E-state index contributed by atoms with van der Waals surface area (Å²) in [5.41, 5.74) is 0.952. The largest absolute Gasteiger partial charge is 0.355 e. The average Bonchev–Trinajstić information content (AvgIpc) is 2.52. The molecule has 1 aromatic rings. The summed E-state index contributed by atoms with van der Waals surface area (Å²) in [6, 6.07) is 1.46. The van der Waals surface area contributed by atoms with Gasteiger partial charge in [-0.25, -0.2) is 4.79 Å². The third kappa shape index (κ3) is 2.85. The first kappa shape index (κ1) is 15.4. The average molecular weight is 328 g/mol. The molecule has 4 fully saturated rings. The van der Waals surface area contributed by atoms with Gasteiger partial charge in [-0.05, 0) is 62.3 Å². The van der Waals surface area contributed by atoms with Crippen LogP contribution in [0.1, 0.15) is 48.9 Å². The van der Waals surface area contributed by atoms with Gasteiger partial charge in [-0.1, -0.05) is 0 Å². The van der Waals surface area contributed by atoms with Crippen LogP contribution in [0.3, 0.4) is 0 Å². The van der Waals surface area contributed by atoms with Crippen LogP contribution in [0.25, 0.3) is 0 Å². The Morgan fingerprint density at radius 1 is 1.08 bits per heavy atom. The van der Waals surface area contributed by atoms with Gasteiger partial charge in [0.2, 0.25) is 0 Å². The van der Waals surface area contributed by atoms with Crippen molar-refractivity contribution >= 4 is 17.6 Å². The summed E-state index contributed by atoms with van der Waals surface area (Å²) in [7, 11) is 1.57. The van der Waals surface area contributed by atoms with Gasteiger partial charge in [0.15, 0.2) is 0 Å². The van der Waals surface area contributed by atoms with Gasteiger partial charge < -0.3 is 16.0 Å². The number of nitrogens with zero attached hydrogens (tertiary/aromatic N) is 1. The molecule has 5 rings (SSSR count). The van der Waals surface area contributed by atoms with Crippen molar-refractivity contribution < 1.29 is 9.59 Å². The standard InChI is InChI=1S/C18H24N4O2/c1-19-16(23)14-5-15(10-20-9-14)21-17(24)22-18-6-11-2-12(7-18)4-13(3-11)8-18/h5,9-13H,2-4,6-8H2,1H3,(H,19,23)(H2,21,22,24). The fourth-order valence-electron chi connectivity index (χ4n) is 5.44. The Balaban J connectivity index is 1.43. The highest BCUT2D eigenvalue weighted by atomic mass is 16.2. The Kier molecular flexibility index (Phi) is 3.70. The minimum Gasteiger partial charge on any atom is -0.355 e. The summed E-state index contributed by atoms with van der Waals surface area (Å²) in [5, 5.41) is 8.66. The molecule has 0 aliphatic heterocycles. The van der Waals surface area contributed by atoms with Crippen LogP contribution < -0.4 is 16.0 Å². The van der Waals surface area contributed by atoms with Gasteiger partial charge in [-0.3, -0.25) is 9.78 Å². The fraction of sp³-hybridized carbons (Fsp3) is 0.611. The highest BCUT2D eigenvalue weighted by molar-refractivity contribution is 5.96. The van der Waals surface area contributed by atoms with E-state index in [4.69, 9.17) is 0 Å². The van der Waals surface area contributed by atoms with Crippen molar-refractivity contribution in [2.45, 2.75) is 44.1 Å². The Hall–Kier alpha value is -2.11. The number of aromatic nitrogens is 1. The monoisotopic (exact) mass is 328 g/mol. The molecule has 6 nitrogen and oxygen atoms in total. The lowest BCUT2D eigenvalue weighted by molar-refractivity contribution is -0.0127. The molecule has 6 heteroatoms. The fourth-order valence-corrected chi connectivity index (χ4v) is 5.44. The highest BCUT2D eigenvalue weighted by Crippen LogP contribution is 2.55. The van der Waals surface area contributed by atoms with Gasteiger partial charge >= 0.3 is 6.03 Å². The molecular formula is C18H24N4O2. The number of carbonyl (C=O) groups excluding carboxylic acids is 2. The highest BCUT2D eigenvalue weighted by Gasteiger charge is 2.51. The maximum absolute atomic E-state index is 12.5. The molecule has 0 unspecified atom stereocenters. The number of hydrogen-bond acceptors (Lipinski definition) is 3. The number of pyridine rings is 1. The Labute approximate surface area is 141 Å². The number of carbonyl (C=O) groups is 2. The van der Waals surface area contributed by atoms with Crippen LogP contribution in [0.2, 0.25) is 0 Å². The Morgan fingerprint density at radius 2 is 1.71 bits per heavy atom. The third-order valence-electron chi connectivity index (χ3n) is 5.90. The second-order valence-electron chi connectivity index (χ2n) is 7.82. The van der Waals surface area contributed by atoms with Crippen LogP contribution in [0.4, 0.5) is 10.5 Å². The van der Waals surface area contributed by atoms with Crippen molar-refractivity contribution in [1.29, 1.82) is 0 Å². The van der Waals surface area contributed by atoms with Crippen molar-refractivity contribution in [2.24, 2.45) is 17.8 Å². The maximum atomic E-state index is 12.5. The third-order valence-corrected chi connectivity index (χ3v) is 5.90. The zero-order chi connectivity index (χ0) is 16.7. The van der Waals surface area contributed by atoms with E-state index in [-0.39, 0.29) is 17.5 Å². The molecule has 0 radical (unpaired) electrons. The lowest BCUT2D eigenvalue weighted by Crippen LogP contribution is -2.60. The SMILES string of the molecule is CNC(=O)c1cncc(NC(=O)NC23CC4CC(CC(C4)C2)C3)c1. The van der Waals surface area contributed by atoms with Crippen LogP contribution >= 0.6 is 0 Å². The minimum absolute atomic E-state index is 0.0231. The van der Waals surface area contributed by atoms with Gasteiger partial charge in [-0.2, -0.15) is 0 Å². The van der Waals surface area contributed by atoms with Gasteiger partial charge in [0, 0.05) is 18.8 Å². The van der Waals surface area contributed by atoms with E-state index in [0.717, 1.165) is 37.0 Å². The zero-order valence-electron chi connectivity index (χ0n) is 14.0. The molecule has 24 heavy (non-hydrogen) atoms. The van der Waals surface area contributed by atoms with E-state index < -0.39 is 0 Å². The molecule has 0 spiro atoms. The first-order valence-corrected chi connectivity index (χ1v) is 8.81. The smallest absolute Gasteiger partial charge is 0.319 e. The number of urea groups is 1. The summed E-state index contributed by atoms with van der Waals surface area (Å²) >= 11 is 0. The van der Waals surface area contributed by atoms with E-state index in [1.807, 2.05) is 0 Å². The van der Waals surface area contributed by atoms with Crippen molar-refractivity contribution in [3.05, 3.63) is 24.0 Å². The van der Waals surface area contributed by atoms with Crippen LogP contribution in [0.5, 0.6) is 0 Å². The van der Waals surface area contributed by atoms with Crippen molar-refractivity contribution in [1.82, 2.24) is 15.6 Å². The van der Waals surface area contributed by atoms with Gasteiger partial charge in [-0.15, -0.1) is 0 Å². The number of anilines is 1. The summed E-state index contributed by atoms with van der Waals surface area (Å²) in [5.74, 6) is 2.15. The van der Waals surface area contributed by atoms with Crippen molar-refractivity contribution in [3.63, 3.8) is 0 Å². The molecule has 0 atom stereocenters. The van der Waals surface area contributed by atoms with Crippen LogP contribution in [0, 0.1) is 17.8 Å². The number of rotatable bonds is 3. The van der Waals surface area contributed by atoms with E-state index in [0.29, 0.717) is 11.3 Å². The lowest BCUT2D eigenvalue weighted by Gasteiger charge is -2.56. The first-order valence-electron chi connectivity index (χ1n) is 8.81. The van der Waals surface area contributed by atoms with Gasteiger partial charge in [0.25, 0.3) is 5.91 Å². The number of amides is 3. The van der Waals surface area contributed by atoms with Crippen LogP contribution in [-0.4, -0.2) is 29.5 Å².